The predicted octanol–water partition coefficient (Wildman–Crippen LogP) is 1.74. The molecule has 0 bridgehead atoms. The fourth-order valence-corrected chi connectivity index (χ4v) is 2.28. The number of benzene rings is 1. The second-order valence-electron chi connectivity index (χ2n) is 5.54. The maximum Gasteiger partial charge on any atom is 0.337 e. The minimum Gasteiger partial charge on any atom is -0.491 e. The zero-order valence-electron chi connectivity index (χ0n) is 13.9. The molecule has 1 unspecified atom stereocenters. The van der Waals surface area contributed by atoms with E-state index in [2.05, 4.69) is 9.72 Å². The van der Waals surface area contributed by atoms with Crippen LogP contribution in [0.3, 0.4) is 0 Å². The Hall–Kier alpha value is -2.44. The van der Waals surface area contributed by atoms with Crippen LogP contribution < -0.4 is 4.74 Å². The number of hydrogen-bond acceptors (Lipinski definition) is 6. The van der Waals surface area contributed by atoms with Gasteiger partial charge in [-0.25, -0.2) is 4.79 Å². The Bertz CT molecular complexity index is 631. The average Bonchev–Trinajstić information content (AvgIpc) is 2.60. The molecule has 0 aliphatic heterocycles. The molecular weight excluding hydrogens is 308 g/mol. The number of methoxy groups -OCH3 is 1. The van der Waals surface area contributed by atoms with Gasteiger partial charge in [-0.05, 0) is 42.9 Å². The number of nitrogens with zero attached hydrogens (tertiary/aromatic N) is 2. The molecule has 6 nitrogen and oxygen atoms in total. The molecule has 1 atom stereocenters. The number of carbonyl (C=O) groups excluding carboxylic acids is 1. The first-order valence-electron chi connectivity index (χ1n) is 7.65. The second kappa shape index (κ2) is 9.00. The molecule has 24 heavy (non-hydrogen) atoms. The summed E-state index contributed by atoms with van der Waals surface area (Å²) < 4.78 is 10.2. The molecule has 0 saturated carbocycles. The molecule has 128 valence electrons. The number of likely N-dealkylation sites (N-methyl/N-ethyl adjacent to an activating group) is 1. The van der Waals surface area contributed by atoms with Crippen LogP contribution in [-0.4, -0.2) is 54.4 Å². The topological polar surface area (TPSA) is 71.9 Å². The molecule has 6 heteroatoms. The third kappa shape index (κ3) is 5.64. The number of pyridine rings is 1. The lowest BCUT2D eigenvalue weighted by molar-refractivity contribution is 0.0600. The second-order valence-corrected chi connectivity index (χ2v) is 5.54. The van der Waals surface area contributed by atoms with Crippen molar-refractivity contribution in [3.05, 3.63) is 59.9 Å². The number of ether oxygens (including phenoxy) is 2. The van der Waals surface area contributed by atoms with E-state index in [1.807, 2.05) is 30.3 Å². The molecule has 1 aromatic heterocycles. The van der Waals surface area contributed by atoms with Crippen molar-refractivity contribution in [2.24, 2.45) is 0 Å². The van der Waals surface area contributed by atoms with Crippen LogP contribution in [-0.2, 0) is 11.3 Å². The number of aliphatic hydroxyl groups is 1. The van der Waals surface area contributed by atoms with Gasteiger partial charge in [0.1, 0.15) is 18.5 Å². The summed E-state index contributed by atoms with van der Waals surface area (Å²) in [6.07, 6.45) is 2.92. The molecular formula is C18H22N2O4. The molecule has 1 N–H and O–H groups in total. The van der Waals surface area contributed by atoms with Gasteiger partial charge < -0.3 is 14.6 Å². The van der Waals surface area contributed by atoms with Gasteiger partial charge in [0.25, 0.3) is 0 Å². The van der Waals surface area contributed by atoms with E-state index in [1.54, 1.807) is 30.5 Å². The number of aromatic nitrogens is 1. The maximum absolute atomic E-state index is 11.3. The Balaban J connectivity index is 1.76. The highest BCUT2D eigenvalue weighted by Crippen LogP contribution is 2.13. The lowest BCUT2D eigenvalue weighted by Gasteiger charge is -2.20. The molecule has 0 spiro atoms. The predicted molar refractivity (Wildman–Crippen MR) is 89.9 cm³/mol. The van der Waals surface area contributed by atoms with Crippen LogP contribution in [0.5, 0.6) is 5.75 Å². The third-order valence-corrected chi connectivity index (χ3v) is 3.42. The highest BCUT2D eigenvalue weighted by atomic mass is 16.5. The van der Waals surface area contributed by atoms with Crippen molar-refractivity contribution in [2.45, 2.75) is 12.6 Å². The number of carbonyl (C=O) groups is 1. The first-order valence-corrected chi connectivity index (χ1v) is 7.65. The molecule has 0 aliphatic carbocycles. The zero-order chi connectivity index (χ0) is 17.4. The van der Waals surface area contributed by atoms with Crippen LogP contribution in [0.25, 0.3) is 0 Å². The Morgan fingerprint density at radius 3 is 2.67 bits per heavy atom. The molecule has 2 rings (SSSR count). The third-order valence-electron chi connectivity index (χ3n) is 3.42. The van der Waals surface area contributed by atoms with Gasteiger partial charge in [-0.1, -0.05) is 6.07 Å². The molecule has 0 radical (unpaired) electrons. The highest BCUT2D eigenvalue weighted by Gasteiger charge is 2.10. The summed E-state index contributed by atoms with van der Waals surface area (Å²) in [6.45, 7) is 1.36. The van der Waals surface area contributed by atoms with E-state index < -0.39 is 12.1 Å². The molecule has 0 amide bonds. The van der Waals surface area contributed by atoms with Crippen molar-refractivity contribution >= 4 is 5.97 Å². The minimum absolute atomic E-state index is 0.176. The molecule has 1 heterocycles. The number of rotatable bonds is 8. The molecule has 1 aromatic carbocycles. The maximum atomic E-state index is 11.3. The van der Waals surface area contributed by atoms with Crippen molar-refractivity contribution in [1.29, 1.82) is 0 Å². The van der Waals surface area contributed by atoms with Crippen LogP contribution in [0.4, 0.5) is 0 Å². The monoisotopic (exact) mass is 330 g/mol. The molecule has 0 aliphatic rings. The quantitative estimate of drug-likeness (QED) is 0.744. The fraction of sp³-hybridized carbons (Fsp3) is 0.333. The van der Waals surface area contributed by atoms with Crippen LogP contribution in [0.1, 0.15) is 15.9 Å². The SMILES string of the molecule is COC(=O)c1ccc(OCC(O)CN(C)Cc2cccnc2)cc1. The van der Waals surface area contributed by atoms with Crippen molar-refractivity contribution in [2.75, 3.05) is 27.3 Å². The Labute approximate surface area is 141 Å². The summed E-state index contributed by atoms with van der Waals surface area (Å²) in [6, 6.07) is 10.5. The average molecular weight is 330 g/mol. The van der Waals surface area contributed by atoms with Crippen molar-refractivity contribution < 1.29 is 19.4 Å². The molecule has 0 saturated heterocycles. The van der Waals surface area contributed by atoms with E-state index in [9.17, 15) is 9.90 Å². The fourth-order valence-electron chi connectivity index (χ4n) is 2.28. The van der Waals surface area contributed by atoms with Gasteiger partial charge in [-0.3, -0.25) is 9.88 Å². The first kappa shape index (κ1) is 17.9. The molecule has 2 aromatic rings. The number of esters is 1. The smallest absolute Gasteiger partial charge is 0.337 e. The van der Waals surface area contributed by atoms with Crippen LogP contribution in [0, 0.1) is 0 Å². The summed E-state index contributed by atoms with van der Waals surface area (Å²) in [4.78, 5) is 17.4. The Morgan fingerprint density at radius 2 is 2.04 bits per heavy atom. The summed E-state index contributed by atoms with van der Waals surface area (Å²) in [7, 11) is 3.27. The minimum atomic E-state index is -0.619. The summed E-state index contributed by atoms with van der Waals surface area (Å²) in [5.41, 5.74) is 1.55. The summed E-state index contributed by atoms with van der Waals surface area (Å²) >= 11 is 0. The largest absolute Gasteiger partial charge is 0.491 e. The van der Waals surface area contributed by atoms with Gasteiger partial charge in [-0.2, -0.15) is 0 Å². The highest BCUT2D eigenvalue weighted by molar-refractivity contribution is 5.89. The van der Waals surface area contributed by atoms with Crippen molar-refractivity contribution in [3.63, 3.8) is 0 Å². The zero-order valence-corrected chi connectivity index (χ0v) is 13.9. The first-order chi connectivity index (χ1) is 11.6. The Kier molecular flexibility index (Phi) is 6.72. The van der Waals surface area contributed by atoms with Crippen LogP contribution in [0.2, 0.25) is 0 Å². The summed E-state index contributed by atoms with van der Waals surface area (Å²) in [5, 5.41) is 10.1. The van der Waals surface area contributed by atoms with Gasteiger partial charge in [0.2, 0.25) is 0 Å². The van der Waals surface area contributed by atoms with Gasteiger partial charge >= 0.3 is 5.97 Å². The van der Waals surface area contributed by atoms with E-state index in [0.717, 1.165) is 5.56 Å². The number of aliphatic hydroxyl groups excluding tert-OH is 1. The lowest BCUT2D eigenvalue weighted by Crippen LogP contribution is -2.32. The van der Waals surface area contributed by atoms with E-state index in [0.29, 0.717) is 24.4 Å². The normalized spacial score (nSPS) is 12.0. The van der Waals surface area contributed by atoms with Gasteiger partial charge in [0.15, 0.2) is 0 Å². The summed E-state index contributed by atoms with van der Waals surface area (Å²) in [5.74, 6) is 0.204. The van der Waals surface area contributed by atoms with Crippen molar-refractivity contribution in [1.82, 2.24) is 9.88 Å². The standard InChI is InChI=1S/C18H22N2O4/c1-20(11-14-4-3-9-19-10-14)12-16(21)13-24-17-7-5-15(6-8-17)18(22)23-2/h3-10,16,21H,11-13H2,1-2H3. The van der Waals surface area contributed by atoms with Crippen LogP contribution in [0.15, 0.2) is 48.8 Å². The van der Waals surface area contributed by atoms with E-state index in [1.165, 1.54) is 7.11 Å². The van der Waals surface area contributed by atoms with Gasteiger partial charge in [-0.15, -0.1) is 0 Å². The molecule has 0 fully saturated rings. The van der Waals surface area contributed by atoms with Crippen molar-refractivity contribution in [3.8, 4) is 5.75 Å². The van der Waals surface area contributed by atoms with E-state index in [-0.39, 0.29) is 6.61 Å². The van der Waals surface area contributed by atoms with Gasteiger partial charge in [0.05, 0.1) is 12.7 Å². The van der Waals surface area contributed by atoms with Crippen LogP contribution >= 0.6 is 0 Å². The Morgan fingerprint density at radius 1 is 1.29 bits per heavy atom. The van der Waals surface area contributed by atoms with Gasteiger partial charge in [0, 0.05) is 25.5 Å². The lowest BCUT2D eigenvalue weighted by atomic mass is 10.2. The van der Waals surface area contributed by atoms with E-state index in [4.69, 9.17) is 4.74 Å². The van der Waals surface area contributed by atoms with E-state index >= 15 is 0 Å². The number of hydrogen-bond donors (Lipinski definition) is 1.